The molecule has 44 heavy (non-hydrogen) atoms. The Kier molecular flexibility index (Phi) is 10.2. The summed E-state index contributed by atoms with van der Waals surface area (Å²) in [5, 5.41) is 4.99. The SMILES string of the molecule is CC(C)(C)C(O[SiH](c1ccccc1)c1ccccc1)[C@H]1CCC(=O)[C@@H]1C(O[SiH](c1ccccc1)c1ccccc1)C(C)(C)C. The Bertz CT molecular complexity index is 1390. The van der Waals surface area contributed by atoms with Crippen molar-refractivity contribution in [2.45, 2.75) is 66.6 Å². The maximum Gasteiger partial charge on any atom is 0.240 e. The second-order valence-electron chi connectivity index (χ2n) is 14.4. The molecular weight excluding hydrogens is 573 g/mol. The molecule has 1 fully saturated rings. The molecule has 0 amide bonds. The Morgan fingerprint density at radius 1 is 0.545 bits per heavy atom. The van der Waals surface area contributed by atoms with Crippen LogP contribution in [-0.4, -0.2) is 36.1 Å². The molecule has 1 aliphatic rings. The second-order valence-corrected chi connectivity index (χ2v) is 19.2. The number of benzene rings is 4. The van der Waals surface area contributed by atoms with Crippen molar-refractivity contribution in [2.24, 2.45) is 22.7 Å². The standard InChI is InChI=1S/C39H48O3Si2/c1-38(2,3)36(41-43(29-19-11-7-12-20-29)30-21-13-8-14-22-30)33-27-28-34(40)35(33)37(39(4,5)6)42-44(31-23-15-9-16-24-31)32-25-17-10-18-26-32/h7-26,33,35-37,43-44H,27-28H2,1-6H3/t33-,35+,36?,37?/m0/s1. The predicted octanol–water partition coefficient (Wildman–Crippen LogP) is 5.52. The first-order chi connectivity index (χ1) is 21.0. The van der Waals surface area contributed by atoms with Gasteiger partial charge in [-0.3, -0.25) is 4.79 Å². The molecule has 0 aromatic heterocycles. The predicted molar refractivity (Wildman–Crippen MR) is 188 cm³/mol. The maximum absolute atomic E-state index is 14.1. The molecule has 0 spiro atoms. The lowest BCUT2D eigenvalue weighted by atomic mass is 9.70. The van der Waals surface area contributed by atoms with Crippen LogP contribution in [-0.2, 0) is 13.6 Å². The number of carbonyl (C=O) groups is 1. The molecule has 1 saturated carbocycles. The maximum atomic E-state index is 14.1. The Hall–Kier alpha value is -3.10. The quantitative estimate of drug-likeness (QED) is 0.219. The van der Waals surface area contributed by atoms with Gasteiger partial charge in [-0.2, -0.15) is 0 Å². The minimum absolute atomic E-state index is 0.0651. The van der Waals surface area contributed by atoms with Gasteiger partial charge in [0.2, 0.25) is 18.1 Å². The molecule has 1 aliphatic carbocycles. The van der Waals surface area contributed by atoms with E-state index in [9.17, 15) is 4.79 Å². The third kappa shape index (κ3) is 7.57. The fourth-order valence-corrected chi connectivity index (χ4v) is 12.4. The highest BCUT2D eigenvalue weighted by Crippen LogP contribution is 2.46. The van der Waals surface area contributed by atoms with E-state index >= 15 is 0 Å². The molecule has 0 N–H and O–H groups in total. The van der Waals surface area contributed by atoms with Gasteiger partial charge in [0.25, 0.3) is 0 Å². The Balaban J connectivity index is 1.55. The molecular formula is C39H48O3Si2. The molecule has 0 heterocycles. The summed E-state index contributed by atoms with van der Waals surface area (Å²) in [5.41, 5.74) is -0.406. The summed E-state index contributed by atoms with van der Waals surface area (Å²) in [7, 11) is -4.16. The lowest BCUT2D eigenvalue weighted by Gasteiger charge is -2.45. The van der Waals surface area contributed by atoms with Gasteiger partial charge in [-0.15, -0.1) is 0 Å². The van der Waals surface area contributed by atoms with Crippen molar-refractivity contribution >= 4 is 44.6 Å². The molecule has 0 aliphatic heterocycles. The number of ketones is 1. The van der Waals surface area contributed by atoms with Crippen molar-refractivity contribution in [3.05, 3.63) is 121 Å². The zero-order chi connectivity index (χ0) is 31.3. The fraction of sp³-hybridized carbons (Fsp3) is 0.359. The first-order valence-corrected chi connectivity index (χ1v) is 19.3. The van der Waals surface area contributed by atoms with E-state index < -0.39 is 18.1 Å². The van der Waals surface area contributed by atoms with Gasteiger partial charge < -0.3 is 8.85 Å². The summed E-state index contributed by atoms with van der Waals surface area (Å²) < 4.78 is 14.8. The topological polar surface area (TPSA) is 35.5 Å². The lowest BCUT2D eigenvalue weighted by molar-refractivity contribution is -0.129. The van der Waals surface area contributed by atoms with Gasteiger partial charge in [0.1, 0.15) is 5.78 Å². The van der Waals surface area contributed by atoms with E-state index in [2.05, 4.69) is 163 Å². The fourth-order valence-electron chi connectivity index (χ4n) is 6.91. The van der Waals surface area contributed by atoms with Gasteiger partial charge in [-0.05, 0) is 43.9 Å². The van der Waals surface area contributed by atoms with E-state index in [1.54, 1.807) is 0 Å². The lowest BCUT2D eigenvalue weighted by Crippen LogP contribution is -2.56. The smallest absolute Gasteiger partial charge is 0.240 e. The van der Waals surface area contributed by atoms with Crippen LogP contribution in [0.3, 0.4) is 0 Å². The van der Waals surface area contributed by atoms with Crippen molar-refractivity contribution < 1.29 is 13.6 Å². The monoisotopic (exact) mass is 620 g/mol. The number of carbonyl (C=O) groups excluding carboxylic acids is 1. The van der Waals surface area contributed by atoms with Crippen molar-refractivity contribution in [1.82, 2.24) is 0 Å². The number of Topliss-reactive ketones (excluding diaryl/α,β-unsaturated/α-hetero) is 1. The van der Waals surface area contributed by atoms with Crippen LogP contribution in [0.4, 0.5) is 0 Å². The molecule has 5 heteroatoms. The van der Waals surface area contributed by atoms with Gasteiger partial charge in [0.15, 0.2) is 0 Å². The molecule has 2 unspecified atom stereocenters. The van der Waals surface area contributed by atoms with Crippen LogP contribution >= 0.6 is 0 Å². The average molecular weight is 621 g/mol. The normalized spacial score (nSPS) is 19.0. The molecule has 4 atom stereocenters. The Morgan fingerprint density at radius 3 is 1.18 bits per heavy atom. The van der Waals surface area contributed by atoms with Crippen molar-refractivity contribution in [3.8, 4) is 0 Å². The van der Waals surface area contributed by atoms with E-state index in [0.29, 0.717) is 12.2 Å². The van der Waals surface area contributed by atoms with Crippen molar-refractivity contribution in [1.29, 1.82) is 0 Å². The number of rotatable bonds is 10. The molecule has 4 aromatic carbocycles. The van der Waals surface area contributed by atoms with E-state index in [0.717, 1.165) is 6.42 Å². The van der Waals surface area contributed by atoms with E-state index in [1.165, 1.54) is 20.7 Å². The summed E-state index contributed by atoms with van der Waals surface area (Å²) in [4.78, 5) is 14.1. The number of hydrogen-bond donors (Lipinski definition) is 0. The van der Waals surface area contributed by atoms with Crippen LogP contribution in [0.2, 0.25) is 0 Å². The minimum atomic E-state index is -2.10. The highest BCUT2D eigenvalue weighted by molar-refractivity contribution is 6.80. The van der Waals surface area contributed by atoms with Gasteiger partial charge in [-0.25, -0.2) is 0 Å². The first kappa shape index (κ1) is 32.3. The van der Waals surface area contributed by atoms with Crippen LogP contribution in [0, 0.1) is 22.7 Å². The van der Waals surface area contributed by atoms with Crippen molar-refractivity contribution in [3.63, 3.8) is 0 Å². The third-order valence-electron chi connectivity index (χ3n) is 8.95. The van der Waals surface area contributed by atoms with Crippen LogP contribution in [0.15, 0.2) is 121 Å². The van der Waals surface area contributed by atoms with E-state index in [-0.39, 0.29) is 34.9 Å². The first-order valence-electron chi connectivity index (χ1n) is 16.1. The number of hydrogen-bond acceptors (Lipinski definition) is 3. The molecule has 5 rings (SSSR count). The third-order valence-corrected chi connectivity index (χ3v) is 14.0. The minimum Gasteiger partial charge on any atom is -0.407 e. The zero-order valence-electron chi connectivity index (χ0n) is 27.2. The molecule has 0 saturated heterocycles. The van der Waals surface area contributed by atoms with Crippen LogP contribution < -0.4 is 20.7 Å². The summed E-state index contributed by atoms with van der Waals surface area (Å²) in [6.07, 6.45) is 1.07. The highest BCUT2D eigenvalue weighted by atomic mass is 28.3. The summed E-state index contributed by atoms with van der Waals surface area (Å²) >= 11 is 0. The molecule has 0 radical (unpaired) electrons. The van der Waals surface area contributed by atoms with Gasteiger partial charge >= 0.3 is 0 Å². The van der Waals surface area contributed by atoms with E-state index in [4.69, 9.17) is 8.85 Å². The summed E-state index contributed by atoms with van der Waals surface area (Å²) in [6, 6.07) is 42.6. The van der Waals surface area contributed by atoms with Crippen molar-refractivity contribution in [2.75, 3.05) is 0 Å². The van der Waals surface area contributed by atoms with Crippen LogP contribution in [0.25, 0.3) is 0 Å². The molecule has 230 valence electrons. The Labute approximate surface area is 268 Å². The van der Waals surface area contributed by atoms with Gasteiger partial charge in [-0.1, -0.05) is 163 Å². The molecule has 3 nitrogen and oxygen atoms in total. The summed E-state index contributed by atoms with van der Waals surface area (Å²) in [6.45, 7) is 13.5. The van der Waals surface area contributed by atoms with Gasteiger partial charge in [0, 0.05) is 12.3 Å². The second kappa shape index (κ2) is 13.9. The van der Waals surface area contributed by atoms with Crippen LogP contribution in [0.1, 0.15) is 54.4 Å². The van der Waals surface area contributed by atoms with Crippen LogP contribution in [0.5, 0.6) is 0 Å². The molecule has 4 aromatic rings. The highest BCUT2D eigenvalue weighted by Gasteiger charge is 2.51. The zero-order valence-corrected chi connectivity index (χ0v) is 29.5. The van der Waals surface area contributed by atoms with Gasteiger partial charge in [0.05, 0.1) is 12.2 Å². The van der Waals surface area contributed by atoms with E-state index in [1.807, 2.05) is 0 Å². The Morgan fingerprint density at radius 2 is 0.864 bits per heavy atom. The largest absolute Gasteiger partial charge is 0.407 e. The molecule has 0 bridgehead atoms. The summed E-state index contributed by atoms with van der Waals surface area (Å²) in [5.74, 6) is 0.150. The average Bonchev–Trinajstić information content (AvgIpc) is 3.38.